The van der Waals surface area contributed by atoms with Crippen LogP contribution in [0.5, 0.6) is 5.75 Å². The normalized spacial score (nSPS) is 19.3. The Morgan fingerprint density at radius 3 is 2.52 bits per heavy atom. The standard InChI is InChI=1S/C20H29F3N4O.HI/c1-24-20(25-13-16-17(21)7-4-8-18(16)28-19(22)23)26-14-9-11-27(12-10-14)15-5-2-3-6-15;/h4,7-8,14-15,19H,2-3,5-6,9-13H2,1H3,(H2,24,25,26);1H. The first-order chi connectivity index (χ1) is 13.6. The van der Waals surface area contributed by atoms with Gasteiger partial charge in [-0.05, 0) is 37.8 Å². The molecule has 1 heterocycles. The first kappa shape index (κ1) is 24.0. The van der Waals surface area contributed by atoms with E-state index in [1.165, 1.54) is 43.9 Å². The van der Waals surface area contributed by atoms with Crippen LogP contribution in [0.3, 0.4) is 0 Å². The summed E-state index contributed by atoms with van der Waals surface area (Å²) in [6.45, 7) is -0.851. The molecule has 1 aliphatic heterocycles. The molecule has 1 aliphatic carbocycles. The third-order valence-electron chi connectivity index (χ3n) is 5.66. The van der Waals surface area contributed by atoms with Crippen molar-refractivity contribution in [1.29, 1.82) is 0 Å². The van der Waals surface area contributed by atoms with Gasteiger partial charge >= 0.3 is 6.61 Å². The highest BCUT2D eigenvalue weighted by Gasteiger charge is 2.27. The Labute approximate surface area is 187 Å². The van der Waals surface area contributed by atoms with Gasteiger partial charge in [-0.1, -0.05) is 18.9 Å². The fraction of sp³-hybridized carbons (Fsp3) is 0.650. The van der Waals surface area contributed by atoms with Crippen molar-refractivity contribution in [3.05, 3.63) is 29.6 Å². The number of aliphatic imine (C=N–C) groups is 1. The number of guanidine groups is 1. The van der Waals surface area contributed by atoms with Gasteiger partial charge in [-0.15, -0.1) is 24.0 Å². The second-order valence-corrected chi connectivity index (χ2v) is 7.41. The maximum absolute atomic E-state index is 14.1. The number of hydrogen-bond donors (Lipinski definition) is 2. The summed E-state index contributed by atoms with van der Waals surface area (Å²) in [6.07, 6.45) is 7.35. The van der Waals surface area contributed by atoms with Gasteiger partial charge in [-0.3, -0.25) is 4.99 Å². The molecule has 3 rings (SSSR count). The Morgan fingerprint density at radius 2 is 1.90 bits per heavy atom. The minimum Gasteiger partial charge on any atom is -0.434 e. The predicted molar refractivity (Wildman–Crippen MR) is 119 cm³/mol. The molecule has 0 amide bonds. The molecule has 1 aromatic carbocycles. The van der Waals surface area contributed by atoms with Crippen LogP contribution in [-0.2, 0) is 6.54 Å². The van der Waals surface area contributed by atoms with Crippen LogP contribution in [0.25, 0.3) is 0 Å². The fourth-order valence-corrected chi connectivity index (χ4v) is 4.16. The molecule has 0 radical (unpaired) electrons. The zero-order chi connectivity index (χ0) is 19.9. The largest absolute Gasteiger partial charge is 0.434 e. The van der Waals surface area contributed by atoms with E-state index >= 15 is 0 Å². The molecule has 2 aliphatic rings. The summed E-state index contributed by atoms with van der Waals surface area (Å²) in [7, 11) is 1.64. The van der Waals surface area contributed by atoms with E-state index in [0.29, 0.717) is 12.0 Å². The molecule has 2 fully saturated rings. The molecular formula is C20H30F3IN4O. The Hall–Kier alpha value is -1.23. The summed E-state index contributed by atoms with van der Waals surface area (Å²) in [5.74, 6) is -0.223. The second kappa shape index (κ2) is 11.8. The zero-order valence-corrected chi connectivity index (χ0v) is 19.0. The molecule has 29 heavy (non-hydrogen) atoms. The number of benzene rings is 1. The van der Waals surface area contributed by atoms with Gasteiger partial charge in [-0.25, -0.2) is 4.39 Å². The van der Waals surface area contributed by atoms with E-state index in [0.717, 1.165) is 32.0 Å². The molecule has 9 heteroatoms. The van der Waals surface area contributed by atoms with E-state index in [1.54, 1.807) is 7.05 Å². The first-order valence-corrected chi connectivity index (χ1v) is 10.00. The average molecular weight is 526 g/mol. The van der Waals surface area contributed by atoms with Gasteiger partial charge in [-0.2, -0.15) is 8.78 Å². The fourth-order valence-electron chi connectivity index (χ4n) is 4.16. The third kappa shape index (κ3) is 6.91. The summed E-state index contributed by atoms with van der Waals surface area (Å²) in [4.78, 5) is 6.78. The van der Waals surface area contributed by atoms with Crippen LogP contribution in [0.1, 0.15) is 44.1 Å². The molecule has 1 aromatic rings. The van der Waals surface area contributed by atoms with Gasteiger partial charge in [0, 0.05) is 44.3 Å². The molecule has 2 N–H and O–H groups in total. The molecule has 164 valence electrons. The van der Waals surface area contributed by atoms with Gasteiger partial charge < -0.3 is 20.3 Å². The predicted octanol–water partition coefficient (Wildman–Crippen LogP) is 4.12. The van der Waals surface area contributed by atoms with Crippen molar-refractivity contribution in [2.75, 3.05) is 20.1 Å². The third-order valence-corrected chi connectivity index (χ3v) is 5.66. The lowest BCUT2D eigenvalue weighted by Crippen LogP contribution is -2.50. The summed E-state index contributed by atoms with van der Waals surface area (Å²) in [5.41, 5.74) is 0.0572. The maximum Gasteiger partial charge on any atom is 0.387 e. The maximum atomic E-state index is 14.1. The van der Waals surface area contributed by atoms with Crippen LogP contribution >= 0.6 is 24.0 Å². The smallest absolute Gasteiger partial charge is 0.387 e. The van der Waals surface area contributed by atoms with Crippen LogP contribution in [0, 0.1) is 5.82 Å². The SMILES string of the molecule is CN=C(NCc1c(F)cccc1OC(F)F)NC1CCN(C2CCCC2)CC1.I. The molecule has 0 bridgehead atoms. The van der Waals surface area contributed by atoms with E-state index < -0.39 is 12.4 Å². The van der Waals surface area contributed by atoms with E-state index in [4.69, 9.17) is 0 Å². The number of halogens is 4. The van der Waals surface area contributed by atoms with Crippen LogP contribution < -0.4 is 15.4 Å². The summed E-state index contributed by atoms with van der Waals surface area (Å²) >= 11 is 0. The summed E-state index contributed by atoms with van der Waals surface area (Å²) < 4.78 is 43.6. The Bertz CT molecular complexity index is 663. The molecule has 0 atom stereocenters. The van der Waals surface area contributed by atoms with E-state index in [1.807, 2.05) is 0 Å². The Balaban J connectivity index is 0.00000300. The van der Waals surface area contributed by atoms with Crippen LogP contribution in [0.4, 0.5) is 13.2 Å². The zero-order valence-electron chi connectivity index (χ0n) is 16.7. The number of likely N-dealkylation sites (tertiary alicyclic amines) is 1. The summed E-state index contributed by atoms with van der Waals surface area (Å²) in [5, 5.41) is 6.38. The monoisotopic (exact) mass is 526 g/mol. The Kier molecular flexibility index (Phi) is 9.81. The minimum absolute atomic E-state index is 0. The number of nitrogens with one attached hydrogen (secondary N) is 2. The van der Waals surface area contributed by atoms with Gasteiger partial charge in [0.1, 0.15) is 11.6 Å². The van der Waals surface area contributed by atoms with Crippen molar-refractivity contribution >= 4 is 29.9 Å². The average Bonchev–Trinajstić information content (AvgIpc) is 3.21. The lowest BCUT2D eigenvalue weighted by atomic mass is 10.0. The van der Waals surface area contributed by atoms with E-state index in [-0.39, 0.29) is 41.8 Å². The quantitative estimate of drug-likeness (QED) is 0.333. The van der Waals surface area contributed by atoms with E-state index in [2.05, 4.69) is 25.3 Å². The number of alkyl halides is 2. The number of hydrogen-bond acceptors (Lipinski definition) is 3. The number of piperidine rings is 1. The summed E-state index contributed by atoms with van der Waals surface area (Å²) in [6, 6.07) is 4.95. The van der Waals surface area contributed by atoms with Gasteiger partial charge in [0.05, 0.1) is 0 Å². The molecule has 0 spiro atoms. The molecule has 0 aromatic heterocycles. The number of nitrogens with zero attached hydrogens (tertiary/aromatic N) is 2. The molecular weight excluding hydrogens is 496 g/mol. The number of ether oxygens (including phenoxy) is 1. The van der Waals surface area contributed by atoms with E-state index in [9.17, 15) is 13.2 Å². The van der Waals surface area contributed by atoms with Gasteiger partial charge in [0.25, 0.3) is 0 Å². The van der Waals surface area contributed by atoms with Crippen molar-refractivity contribution in [3.63, 3.8) is 0 Å². The Morgan fingerprint density at radius 1 is 1.21 bits per heavy atom. The lowest BCUT2D eigenvalue weighted by Gasteiger charge is -2.36. The molecule has 5 nitrogen and oxygen atoms in total. The highest BCUT2D eigenvalue weighted by Crippen LogP contribution is 2.26. The molecule has 1 saturated heterocycles. The van der Waals surface area contributed by atoms with Crippen LogP contribution in [-0.4, -0.2) is 49.7 Å². The van der Waals surface area contributed by atoms with Crippen molar-refractivity contribution in [3.8, 4) is 5.75 Å². The molecule has 0 unspecified atom stereocenters. The molecule has 1 saturated carbocycles. The lowest BCUT2D eigenvalue weighted by molar-refractivity contribution is -0.0506. The van der Waals surface area contributed by atoms with Crippen LogP contribution in [0.15, 0.2) is 23.2 Å². The van der Waals surface area contributed by atoms with Gasteiger partial charge in [0.15, 0.2) is 5.96 Å². The van der Waals surface area contributed by atoms with Crippen LogP contribution in [0.2, 0.25) is 0 Å². The first-order valence-electron chi connectivity index (χ1n) is 10.00. The second-order valence-electron chi connectivity index (χ2n) is 7.41. The van der Waals surface area contributed by atoms with Crippen molar-refractivity contribution < 1.29 is 17.9 Å². The van der Waals surface area contributed by atoms with Gasteiger partial charge in [0.2, 0.25) is 0 Å². The van der Waals surface area contributed by atoms with Crippen molar-refractivity contribution in [2.45, 2.75) is 63.8 Å². The van der Waals surface area contributed by atoms with Crippen molar-refractivity contribution in [1.82, 2.24) is 15.5 Å². The van der Waals surface area contributed by atoms with Crippen molar-refractivity contribution in [2.24, 2.45) is 4.99 Å². The number of rotatable bonds is 6. The highest BCUT2D eigenvalue weighted by molar-refractivity contribution is 14.0. The topological polar surface area (TPSA) is 48.9 Å². The highest BCUT2D eigenvalue weighted by atomic mass is 127. The minimum atomic E-state index is -3.00.